The van der Waals surface area contributed by atoms with Gasteiger partial charge in [-0.2, -0.15) is 4.31 Å². The van der Waals surface area contributed by atoms with Crippen molar-refractivity contribution in [3.8, 4) is 0 Å². The molecule has 1 amide bonds. The first-order valence-corrected chi connectivity index (χ1v) is 14.6. The highest BCUT2D eigenvalue weighted by Gasteiger charge is 2.26. The molecule has 0 radical (unpaired) electrons. The van der Waals surface area contributed by atoms with Gasteiger partial charge in [0.25, 0.3) is 5.91 Å². The van der Waals surface area contributed by atoms with Crippen molar-refractivity contribution < 1.29 is 13.2 Å². The zero-order chi connectivity index (χ0) is 24.3. The lowest BCUT2D eigenvalue weighted by atomic mass is 10.2. The van der Waals surface area contributed by atoms with Gasteiger partial charge in [-0.15, -0.1) is 0 Å². The van der Waals surface area contributed by atoms with Crippen molar-refractivity contribution in [2.24, 2.45) is 0 Å². The van der Waals surface area contributed by atoms with Crippen LogP contribution in [0.25, 0.3) is 10.2 Å². The van der Waals surface area contributed by atoms with Gasteiger partial charge in [-0.05, 0) is 55.3 Å². The van der Waals surface area contributed by atoms with Gasteiger partial charge in [0.1, 0.15) is 0 Å². The van der Waals surface area contributed by atoms with Crippen LogP contribution < -0.4 is 4.90 Å². The molecule has 1 fully saturated rings. The van der Waals surface area contributed by atoms with Crippen LogP contribution in [-0.4, -0.2) is 67.8 Å². The fourth-order valence-corrected chi connectivity index (χ4v) is 7.27. The fraction of sp³-hybridized carbons (Fsp3) is 0.417. The SMILES string of the molecule is CCCN(CCC)S(=O)(=O)c1ccc(C(=O)N2CCN(c3nc4ccc(Br)cc4s3)CC2)cc1. The van der Waals surface area contributed by atoms with E-state index in [4.69, 9.17) is 4.98 Å². The van der Waals surface area contributed by atoms with Crippen LogP contribution >= 0.6 is 27.3 Å². The maximum Gasteiger partial charge on any atom is 0.253 e. The maximum atomic E-state index is 13.1. The van der Waals surface area contributed by atoms with Gasteiger partial charge < -0.3 is 9.80 Å². The molecule has 4 rings (SSSR count). The van der Waals surface area contributed by atoms with E-state index in [1.807, 2.05) is 30.9 Å². The topological polar surface area (TPSA) is 73.8 Å². The van der Waals surface area contributed by atoms with Gasteiger partial charge in [0.05, 0.1) is 15.1 Å². The summed E-state index contributed by atoms with van der Waals surface area (Å²) in [4.78, 5) is 22.1. The number of sulfonamides is 1. The number of fused-ring (bicyclic) bond motifs is 1. The number of carbonyl (C=O) groups excluding carboxylic acids is 1. The Kier molecular flexibility index (Phi) is 7.91. The van der Waals surface area contributed by atoms with Crippen molar-refractivity contribution in [3.05, 3.63) is 52.5 Å². The summed E-state index contributed by atoms with van der Waals surface area (Å²) in [5.74, 6) is -0.0733. The van der Waals surface area contributed by atoms with Crippen LogP contribution in [0.5, 0.6) is 0 Å². The molecule has 2 aromatic carbocycles. The molecule has 10 heteroatoms. The van der Waals surface area contributed by atoms with Gasteiger partial charge in [0.15, 0.2) is 5.13 Å². The lowest BCUT2D eigenvalue weighted by molar-refractivity contribution is 0.0746. The number of piperazine rings is 1. The fourth-order valence-electron chi connectivity index (χ4n) is 4.07. The number of carbonyl (C=O) groups is 1. The van der Waals surface area contributed by atoms with E-state index in [0.29, 0.717) is 44.8 Å². The monoisotopic (exact) mass is 564 g/mol. The smallest absolute Gasteiger partial charge is 0.253 e. The first-order valence-electron chi connectivity index (χ1n) is 11.5. The molecule has 1 aliphatic rings. The summed E-state index contributed by atoms with van der Waals surface area (Å²) in [5.41, 5.74) is 1.49. The van der Waals surface area contributed by atoms with Crippen molar-refractivity contribution in [1.82, 2.24) is 14.2 Å². The molecule has 1 aromatic heterocycles. The van der Waals surface area contributed by atoms with E-state index >= 15 is 0 Å². The molecule has 0 bridgehead atoms. The number of halogens is 1. The third-order valence-corrected chi connectivity index (χ3v) is 9.35. The van der Waals surface area contributed by atoms with Crippen LogP contribution in [0.15, 0.2) is 51.8 Å². The molecule has 182 valence electrons. The average Bonchev–Trinajstić information content (AvgIpc) is 3.27. The minimum absolute atomic E-state index is 0.0733. The van der Waals surface area contributed by atoms with Crippen molar-refractivity contribution in [2.45, 2.75) is 31.6 Å². The normalized spacial score (nSPS) is 14.8. The minimum Gasteiger partial charge on any atom is -0.345 e. The largest absolute Gasteiger partial charge is 0.345 e. The Morgan fingerprint density at radius 3 is 2.29 bits per heavy atom. The van der Waals surface area contributed by atoms with E-state index in [1.54, 1.807) is 35.6 Å². The van der Waals surface area contributed by atoms with E-state index in [0.717, 1.165) is 32.7 Å². The van der Waals surface area contributed by atoms with E-state index < -0.39 is 10.0 Å². The number of benzene rings is 2. The first-order chi connectivity index (χ1) is 16.3. The number of anilines is 1. The Labute approximate surface area is 213 Å². The molecule has 0 atom stereocenters. The van der Waals surface area contributed by atoms with Crippen LogP contribution in [0.3, 0.4) is 0 Å². The highest BCUT2D eigenvalue weighted by atomic mass is 79.9. The van der Waals surface area contributed by atoms with Gasteiger partial charge in [-0.25, -0.2) is 13.4 Å². The highest BCUT2D eigenvalue weighted by molar-refractivity contribution is 9.10. The summed E-state index contributed by atoms with van der Waals surface area (Å²) in [5, 5.41) is 0.971. The summed E-state index contributed by atoms with van der Waals surface area (Å²) in [6.07, 6.45) is 1.52. The molecule has 0 spiro atoms. The van der Waals surface area contributed by atoms with Crippen molar-refractivity contribution in [2.75, 3.05) is 44.2 Å². The van der Waals surface area contributed by atoms with Gasteiger partial charge in [0, 0.05) is 49.3 Å². The quantitative estimate of drug-likeness (QED) is 0.391. The number of hydrogen-bond acceptors (Lipinski definition) is 6. The van der Waals surface area contributed by atoms with Gasteiger partial charge in [-0.3, -0.25) is 4.79 Å². The predicted molar refractivity (Wildman–Crippen MR) is 141 cm³/mol. The molecule has 34 heavy (non-hydrogen) atoms. The second-order valence-electron chi connectivity index (χ2n) is 8.32. The number of amides is 1. The Balaban J connectivity index is 1.41. The van der Waals surface area contributed by atoms with Gasteiger partial charge in [0.2, 0.25) is 10.0 Å². The van der Waals surface area contributed by atoms with Gasteiger partial charge >= 0.3 is 0 Å². The van der Waals surface area contributed by atoms with Crippen molar-refractivity contribution in [1.29, 1.82) is 0 Å². The maximum absolute atomic E-state index is 13.1. The molecule has 0 saturated carbocycles. The second kappa shape index (κ2) is 10.7. The molecule has 0 aliphatic carbocycles. The van der Waals surface area contributed by atoms with Crippen LogP contribution in [0.4, 0.5) is 5.13 Å². The lowest BCUT2D eigenvalue weighted by Gasteiger charge is -2.34. The summed E-state index contributed by atoms with van der Waals surface area (Å²) in [6.45, 7) is 7.54. The number of aromatic nitrogens is 1. The minimum atomic E-state index is -3.55. The molecule has 2 heterocycles. The molecule has 1 aliphatic heterocycles. The van der Waals surface area contributed by atoms with Crippen LogP contribution in [-0.2, 0) is 10.0 Å². The van der Waals surface area contributed by atoms with Crippen LogP contribution in [0.2, 0.25) is 0 Å². The Morgan fingerprint density at radius 2 is 1.68 bits per heavy atom. The third kappa shape index (κ3) is 5.30. The summed E-state index contributed by atoms with van der Waals surface area (Å²) in [6, 6.07) is 12.4. The van der Waals surface area contributed by atoms with Gasteiger partial charge in [-0.1, -0.05) is 41.1 Å². The van der Waals surface area contributed by atoms with Crippen LogP contribution in [0, 0.1) is 0 Å². The zero-order valence-corrected chi connectivity index (χ0v) is 22.6. The van der Waals surface area contributed by atoms with Crippen molar-refractivity contribution in [3.63, 3.8) is 0 Å². The zero-order valence-electron chi connectivity index (χ0n) is 19.4. The molecular weight excluding hydrogens is 536 g/mol. The Bertz CT molecular complexity index is 1250. The molecular formula is C24H29BrN4O3S2. The third-order valence-electron chi connectivity index (χ3n) is 5.86. The summed E-state index contributed by atoms with van der Waals surface area (Å²) < 4.78 is 29.6. The summed E-state index contributed by atoms with van der Waals surface area (Å²) >= 11 is 5.16. The first kappa shape index (κ1) is 25.1. The standard InChI is InChI=1S/C24H29BrN4O3S2/c1-3-11-29(12-4-2)34(31,32)20-8-5-18(6-9-20)23(30)27-13-15-28(16-14-27)24-26-21-10-7-19(25)17-22(21)33-24/h5-10,17H,3-4,11-16H2,1-2H3. The van der Waals surface area contributed by atoms with E-state index in [2.05, 4.69) is 26.9 Å². The van der Waals surface area contributed by atoms with Crippen LogP contribution in [0.1, 0.15) is 37.0 Å². The lowest BCUT2D eigenvalue weighted by Crippen LogP contribution is -2.48. The Morgan fingerprint density at radius 1 is 1.03 bits per heavy atom. The molecule has 7 nitrogen and oxygen atoms in total. The molecule has 1 saturated heterocycles. The Hall–Kier alpha value is -2.01. The van der Waals surface area contributed by atoms with E-state index in [-0.39, 0.29) is 10.8 Å². The molecule has 0 unspecified atom stereocenters. The number of hydrogen-bond donors (Lipinski definition) is 0. The van der Waals surface area contributed by atoms with Crippen molar-refractivity contribution >= 4 is 58.5 Å². The second-order valence-corrected chi connectivity index (χ2v) is 12.2. The van der Waals surface area contributed by atoms with E-state index in [1.165, 1.54) is 4.31 Å². The summed E-state index contributed by atoms with van der Waals surface area (Å²) in [7, 11) is -3.55. The number of rotatable bonds is 8. The van der Waals surface area contributed by atoms with E-state index in [9.17, 15) is 13.2 Å². The number of thiazole rings is 1. The number of nitrogens with zero attached hydrogens (tertiary/aromatic N) is 4. The molecule has 0 N–H and O–H groups in total. The molecule has 3 aromatic rings. The highest BCUT2D eigenvalue weighted by Crippen LogP contribution is 2.31. The average molecular weight is 566 g/mol. The predicted octanol–water partition coefficient (Wildman–Crippen LogP) is 4.83.